The summed E-state index contributed by atoms with van der Waals surface area (Å²) >= 11 is 0. The Morgan fingerprint density at radius 2 is 1.75 bits per heavy atom. The number of hydrogen-bond donors (Lipinski definition) is 0. The molecule has 0 radical (unpaired) electrons. The van der Waals surface area contributed by atoms with Crippen LogP contribution in [0.4, 0.5) is 0 Å². The highest BCUT2D eigenvalue weighted by atomic mass is 16.5. The van der Waals surface area contributed by atoms with Crippen LogP contribution >= 0.6 is 0 Å². The minimum atomic E-state index is 0.151. The van der Waals surface area contributed by atoms with Gasteiger partial charge in [-0.3, -0.25) is 0 Å². The highest BCUT2D eigenvalue weighted by molar-refractivity contribution is 5.78. The summed E-state index contributed by atoms with van der Waals surface area (Å²) in [6, 6.07) is 16.3. The lowest BCUT2D eigenvalue weighted by atomic mass is 9.87. The van der Waals surface area contributed by atoms with Crippen molar-refractivity contribution in [3.63, 3.8) is 0 Å². The summed E-state index contributed by atoms with van der Waals surface area (Å²) in [6.07, 6.45) is 0.989. The zero-order chi connectivity index (χ0) is 17.1. The summed E-state index contributed by atoms with van der Waals surface area (Å²) in [6.45, 7) is 4.46. The Balaban J connectivity index is 2.09. The first kappa shape index (κ1) is 16.4. The molecule has 3 aromatic rings. The highest BCUT2D eigenvalue weighted by Crippen LogP contribution is 2.40. The lowest BCUT2D eigenvalue weighted by Gasteiger charge is -2.20. The number of para-hydroxylation sites is 1. The van der Waals surface area contributed by atoms with Crippen LogP contribution in [0, 0.1) is 5.92 Å². The molecule has 3 rings (SSSR count). The summed E-state index contributed by atoms with van der Waals surface area (Å²) in [4.78, 5) is 0. The van der Waals surface area contributed by atoms with E-state index < -0.39 is 0 Å². The van der Waals surface area contributed by atoms with E-state index in [1.54, 1.807) is 14.2 Å². The molecule has 24 heavy (non-hydrogen) atoms. The fourth-order valence-electron chi connectivity index (χ4n) is 3.15. The van der Waals surface area contributed by atoms with Crippen LogP contribution in [-0.2, 0) is 0 Å². The van der Waals surface area contributed by atoms with E-state index in [9.17, 15) is 0 Å². The number of methoxy groups -OCH3 is 2. The van der Waals surface area contributed by atoms with Crippen LogP contribution < -0.4 is 9.47 Å². The smallest absolute Gasteiger partial charge is 0.134 e. The van der Waals surface area contributed by atoms with Gasteiger partial charge in [-0.05, 0) is 30.5 Å². The van der Waals surface area contributed by atoms with E-state index in [4.69, 9.17) is 13.9 Å². The second kappa shape index (κ2) is 7.00. The fourth-order valence-corrected chi connectivity index (χ4v) is 3.15. The van der Waals surface area contributed by atoms with Gasteiger partial charge in [-0.1, -0.05) is 38.1 Å². The standard InChI is InChI=1S/C21H24O3/c1-14(2)11-18(17-10-9-16(22-3)13-20(17)23-4)21-12-15-7-5-6-8-19(15)24-21/h5-10,12-14,18H,11H2,1-4H3. The molecule has 1 heterocycles. The predicted octanol–water partition coefficient (Wildman–Crippen LogP) is 5.63. The molecule has 1 aromatic heterocycles. The van der Waals surface area contributed by atoms with Gasteiger partial charge >= 0.3 is 0 Å². The van der Waals surface area contributed by atoms with Gasteiger partial charge in [-0.2, -0.15) is 0 Å². The van der Waals surface area contributed by atoms with Crippen LogP contribution in [0.2, 0.25) is 0 Å². The number of rotatable bonds is 6. The first-order chi connectivity index (χ1) is 11.6. The Kier molecular flexibility index (Phi) is 4.79. The third kappa shape index (κ3) is 3.25. The van der Waals surface area contributed by atoms with Gasteiger partial charge in [0.2, 0.25) is 0 Å². The molecule has 0 N–H and O–H groups in total. The molecule has 1 unspecified atom stereocenters. The zero-order valence-corrected chi connectivity index (χ0v) is 14.7. The molecule has 1 atom stereocenters. The largest absolute Gasteiger partial charge is 0.497 e. The minimum absolute atomic E-state index is 0.151. The third-order valence-electron chi connectivity index (χ3n) is 4.31. The quantitative estimate of drug-likeness (QED) is 0.589. The highest BCUT2D eigenvalue weighted by Gasteiger charge is 2.23. The van der Waals surface area contributed by atoms with Crippen molar-refractivity contribution >= 4 is 11.0 Å². The average molecular weight is 324 g/mol. The normalized spacial score (nSPS) is 12.5. The van der Waals surface area contributed by atoms with Gasteiger partial charge in [-0.15, -0.1) is 0 Å². The molecule has 0 fully saturated rings. The van der Waals surface area contributed by atoms with Gasteiger partial charge in [0.25, 0.3) is 0 Å². The van der Waals surface area contributed by atoms with Gasteiger partial charge < -0.3 is 13.9 Å². The van der Waals surface area contributed by atoms with Crippen molar-refractivity contribution in [3.05, 3.63) is 59.9 Å². The van der Waals surface area contributed by atoms with Crippen LogP contribution in [0.25, 0.3) is 11.0 Å². The molecule has 0 bridgehead atoms. The molecule has 2 aromatic carbocycles. The van der Waals surface area contributed by atoms with E-state index in [1.165, 1.54) is 0 Å². The summed E-state index contributed by atoms with van der Waals surface area (Å²) in [5.74, 6) is 3.30. The molecule has 0 aliphatic heterocycles. The van der Waals surface area contributed by atoms with E-state index in [0.717, 1.165) is 40.2 Å². The Morgan fingerprint density at radius 3 is 2.42 bits per heavy atom. The molecule has 3 nitrogen and oxygen atoms in total. The zero-order valence-electron chi connectivity index (χ0n) is 14.7. The Labute approximate surface area is 143 Å². The van der Waals surface area contributed by atoms with Crippen LogP contribution in [0.3, 0.4) is 0 Å². The van der Waals surface area contributed by atoms with Gasteiger partial charge in [0.05, 0.1) is 14.2 Å². The maximum atomic E-state index is 6.15. The molecular formula is C21H24O3. The summed E-state index contributed by atoms with van der Waals surface area (Å²) < 4.78 is 17.1. The number of benzene rings is 2. The van der Waals surface area contributed by atoms with Gasteiger partial charge in [0, 0.05) is 22.9 Å². The van der Waals surface area contributed by atoms with Gasteiger partial charge in [0.15, 0.2) is 0 Å². The van der Waals surface area contributed by atoms with Crippen molar-refractivity contribution in [1.29, 1.82) is 0 Å². The van der Waals surface area contributed by atoms with Crippen LogP contribution in [0.1, 0.15) is 37.5 Å². The number of hydrogen-bond acceptors (Lipinski definition) is 3. The van der Waals surface area contributed by atoms with Crippen molar-refractivity contribution in [2.75, 3.05) is 14.2 Å². The van der Waals surface area contributed by atoms with E-state index >= 15 is 0 Å². The molecule has 0 amide bonds. The summed E-state index contributed by atoms with van der Waals surface area (Å²) in [5.41, 5.74) is 2.06. The summed E-state index contributed by atoms with van der Waals surface area (Å²) in [7, 11) is 3.36. The van der Waals surface area contributed by atoms with Crippen LogP contribution in [0.5, 0.6) is 11.5 Å². The number of furan rings is 1. The molecule has 0 aliphatic carbocycles. The lowest BCUT2D eigenvalue weighted by Crippen LogP contribution is -2.06. The van der Waals surface area contributed by atoms with E-state index in [0.29, 0.717) is 5.92 Å². The maximum absolute atomic E-state index is 6.15. The minimum Gasteiger partial charge on any atom is -0.497 e. The number of fused-ring (bicyclic) bond motifs is 1. The average Bonchev–Trinajstić information content (AvgIpc) is 3.02. The first-order valence-corrected chi connectivity index (χ1v) is 8.32. The predicted molar refractivity (Wildman–Crippen MR) is 97.1 cm³/mol. The van der Waals surface area contributed by atoms with E-state index in [1.807, 2.05) is 30.3 Å². The second-order valence-electron chi connectivity index (χ2n) is 6.48. The first-order valence-electron chi connectivity index (χ1n) is 8.32. The lowest BCUT2D eigenvalue weighted by molar-refractivity contribution is 0.382. The topological polar surface area (TPSA) is 31.6 Å². The van der Waals surface area contributed by atoms with Crippen LogP contribution in [0.15, 0.2) is 52.9 Å². The van der Waals surface area contributed by atoms with E-state index in [2.05, 4.69) is 32.0 Å². The molecule has 0 aliphatic rings. The Morgan fingerprint density at radius 1 is 0.958 bits per heavy atom. The second-order valence-corrected chi connectivity index (χ2v) is 6.48. The van der Waals surface area contributed by atoms with Gasteiger partial charge in [-0.25, -0.2) is 0 Å². The van der Waals surface area contributed by atoms with Gasteiger partial charge in [0.1, 0.15) is 22.8 Å². The number of ether oxygens (including phenoxy) is 2. The Hall–Kier alpha value is -2.42. The fraction of sp³-hybridized carbons (Fsp3) is 0.333. The van der Waals surface area contributed by atoms with Crippen LogP contribution in [-0.4, -0.2) is 14.2 Å². The summed E-state index contributed by atoms with van der Waals surface area (Å²) in [5, 5.41) is 1.13. The van der Waals surface area contributed by atoms with Crippen molar-refractivity contribution < 1.29 is 13.9 Å². The molecular weight excluding hydrogens is 300 g/mol. The van der Waals surface area contributed by atoms with Crippen molar-refractivity contribution in [3.8, 4) is 11.5 Å². The SMILES string of the molecule is COc1ccc(C(CC(C)C)c2cc3ccccc3o2)c(OC)c1. The molecule has 0 spiro atoms. The maximum Gasteiger partial charge on any atom is 0.134 e. The third-order valence-corrected chi connectivity index (χ3v) is 4.31. The molecule has 3 heteroatoms. The monoisotopic (exact) mass is 324 g/mol. The molecule has 0 saturated heterocycles. The van der Waals surface area contributed by atoms with Crippen molar-refractivity contribution in [2.45, 2.75) is 26.2 Å². The van der Waals surface area contributed by atoms with Crippen molar-refractivity contribution in [1.82, 2.24) is 0 Å². The molecule has 0 saturated carbocycles. The van der Waals surface area contributed by atoms with E-state index in [-0.39, 0.29) is 5.92 Å². The molecule has 126 valence electrons. The Bertz CT molecular complexity index is 784. The van der Waals surface area contributed by atoms with Crippen molar-refractivity contribution in [2.24, 2.45) is 5.92 Å².